The molecular weight excluding hydrogens is 380 g/mol. The molecule has 26 heavy (non-hydrogen) atoms. The highest BCUT2D eigenvalue weighted by Crippen LogP contribution is 2.43. The van der Waals surface area contributed by atoms with Crippen molar-refractivity contribution in [2.75, 3.05) is 12.9 Å². The van der Waals surface area contributed by atoms with Gasteiger partial charge in [-0.1, -0.05) is 11.6 Å². The van der Waals surface area contributed by atoms with Crippen LogP contribution >= 0.6 is 11.6 Å². The number of carbonyl (C=O) groups excluding carboxylic acids is 3. The Morgan fingerprint density at radius 3 is 2.42 bits per heavy atom. The lowest BCUT2D eigenvalue weighted by molar-refractivity contribution is -0.133. The number of Topliss-reactive ketones (excluding diaryl/α,β-unsaturated/α-hetero) is 3. The first-order valence-corrected chi connectivity index (χ1v) is 10.4. The maximum absolute atomic E-state index is 12.9. The van der Waals surface area contributed by atoms with Crippen LogP contribution in [-0.4, -0.2) is 38.6 Å². The first-order valence-electron chi connectivity index (χ1n) is 8.37. The number of hydrogen-bond acceptors (Lipinski definition) is 6. The van der Waals surface area contributed by atoms with Crippen LogP contribution in [0, 0.1) is 12.8 Å². The quantitative estimate of drug-likeness (QED) is 0.573. The molecule has 1 saturated carbocycles. The number of aryl methyl sites for hydroxylation is 1. The van der Waals surface area contributed by atoms with Gasteiger partial charge >= 0.3 is 0 Å². The molecule has 0 N–H and O–H groups in total. The summed E-state index contributed by atoms with van der Waals surface area (Å²) in [6.45, 7) is 1.58. The molecule has 0 bridgehead atoms. The first kappa shape index (κ1) is 19.2. The molecule has 1 aliphatic heterocycles. The first-order chi connectivity index (χ1) is 12.2. The second kappa shape index (κ2) is 6.87. The molecule has 0 spiro atoms. The zero-order valence-corrected chi connectivity index (χ0v) is 16.1. The Balaban J connectivity index is 2.19. The molecule has 0 saturated heterocycles. The van der Waals surface area contributed by atoms with Crippen molar-refractivity contribution in [2.45, 2.75) is 43.6 Å². The van der Waals surface area contributed by atoms with E-state index in [9.17, 15) is 22.8 Å². The second-order valence-electron chi connectivity index (χ2n) is 6.71. The minimum atomic E-state index is -3.54. The highest BCUT2D eigenvalue weighted by Gasteiger charge is 2.40. The normalized spacial score (nSPS) is 23.0. The van der Waals surface area contributed by atoms with Crippen molar-refractivity contribution in [1.29, 1.82) is 0 Å². The van der Waals surface area contributed by atoms with E-state index in [1.165, 1.54) is 13.2 Å². The predicted molar refractivity (Wildman–Crippen MR) is 94.3 cm³/mol. The smallest absolute Gasteiger partial charge is 0.182 e. The lowest BCUT2D eigenvalue weighted by Gasteiger charge is -2.28. The number of hydrogen-bond donors (Lipinski definition) is 0. The maximum Gasteiger partial charge on any atom is 0.182 e. The average Bonchev–Trinajstić information content (AvgIpc) is 2.57. The number of fused-ring (bicyclic) bond motifs is 1. The molecule has 1 aromatic rings. The van der Waals surface area contributed by atoms with Gasteiger partial charge in [-0.3, -0.25) is 14.4 Å². The third-order valence-electron chi connectivity index (χ3n) is 5.02. The van der Waals surface area contributed by atoms with Crippen LogP contribution in [0.3, 0.4) is 0 Å². The molecule has 140 valence electrons. The average molecular weight is 399 g/mol. The molecule has 1 unspecified atom stereocenters. The monoisotopic (exact) mass is 398 g/mol. The lowest BCUT2D eigenvalue weighted by atomic mass is 9.81. The van der Waals surface area contributed by atoms with Crippen LogP contribution in [0.2, 0.25) is 5.02 Å². The number of halogens is 1. The largest absolute Gasteiger partial charge is 0.377 e. The second-order valence-corrected chi connectivity index (χ2v) is 9.14. The maximum atomic E-state index is 12.9. The molecule has 8 heteroatoms. The Morgan fingerprint density at radius 2 is 1.85 bits per heavy atom. The summed E-state index contributed by atoms with van der Waals surface area (Å²) in [6.07, 6.45) is 0.467. The predicted octanol–water partition coefficient (Wildman–Crippen LogP) is 2.63. The molecule has 6 nitrogen and oxygen atoms in total. The Morgan fingerprint density at radius 1 is 1.23 bits per heavy atom. The molecule has 3 rings (SSSR count). The van der Waals surface area contributed by atoms with Gasteiger partial charge in [0.1, 0.15) is 5.92 Å². The summed E-state index contributed by atoms with van der Waals surface area (Å²) >= 11 is 6.42. The van der Waals surface area contributed by atoms with Gasteiger partial charge in [0.15, 0.2) is 27.2 Å². The molecule has 1 fully saturated rings. The topological polar surface area (TPSA) is 94.6 Å². The third-order valence-corrected chi connectivity index (χ3v) is 7.37. The number of carbonyl (C=O) groups is 3. The van der Waals surface area contributed by atoms with Crippen LogP contribution in [0.5, 0.6) is 0 Å². The summed E-state index contributed by atoms with van der Waals surface area (Å²) in [5.74, 6) is -2.89. The van der Waals surface area contributed by atoms with Crippen LogP contribution in [-0.2, 0) is 24.2 Å². The van der Waals surface area contributed by atoms with Crippen molar-refractivity contribution in [1.82, 2.24) is 0 Å². The van der Waals surface area contributed by atoms with Crippen molar-refractivity contribution in [3.8, 4) is 0 Å². The molecule has 0 radical (unpaired) electrons. The number of rotatable bonds is 3. The van der Waals surface area contributed by atoms with E-state index in [-0.39, 0.29) is 46.1 Å². The van der Waals surface area contributed by atoms with E-state index in [0.717, 1.165) is 0 Å². The molecule has 0 aromatic heterocycles. The molecule has 1 aromatic carbocycles. The fraction of sp³-hybridized carbons (Fsp3) is 0.500. The van der Waals surface area contributed by atoms with Gasteiger partial charge in [-0.25, -0.2) is 8.42 Å². The van der Waals surface area contributed by atoms with Gasteiger partial charge in [-0.2, -0.15) is 0 Å². The van der Waals surface area contributed by atoms with Gasteiger partial charge in [-0.05, 0) is 31.4 Å². The molecule has 2 aliphatic rings. The van der Waals surface area contributed by atoms with Gasteiger partial charge in [0.2, 0.25) is 0 Å². The summed E-state index contributed by atoms with van der Waals surface area (Å²) in [4.78, 5) is 37.2. The summed E-state index contributed by atoms with van der Waals surface area (Å²) in [5, 5.41) is -0.0445. The van der Waals surface area contributed by atoms with E-state index in [1.807, 2.05) is 0 Å². The van der Waals surface area contributed by atoms with Crippen molar-refractivity contribution >= 4 is 38.8 Å². The Kier molecular flexibility index (Phi) is 5.07. The molecule has 0 amide bonds. The molecule has 1 heterocycles. The summed E-state index contributed by atoms with van der Waals surface area (Å²) < 4.78 is 30.3. The van der Waals surface area contributed by atoms with Gasteiger partial charge in [0.25, 0.3) is 0 Å². The van der Waals surface area contributed by atoms with Gasteiger partial charge in [-0.15, -0.1) is 0 Å². The number of ketones is 3. The number of sulfone groups is 1. The third kappa shape index (κ3) is 3.02. The highest BCUT2D eigenvalue weighted by molar-refractivity contribution is 7.91. The van der Waals surface area contributed by atoms with Gasteiger partial charge in [0.05, 0.1) is 21.8 Å². The SMILES string of the molecule is COC1CCS(=O)(=O)c2c(C)cc(C(=O)C3C(=O)CCCC3=O)c(Cl)c21. The molecular formula is C18H19ClO6S. The van der Waals surface area contributed by atoms with E-state index in [4.69, 9.17) is 16.3 Å². The molecule has 1 atom stereocenters. The van der Waals surface area contributed by atoms with E-state index in [0.29, 0.717) is 12.0 Å². The van der Waals surface area contributed by atoms with E-state index < -0.39 is 39.2 Å². The van der Waals surface area contributed by atoms with E-state index in [2.05, 4.69) is 0 Å². The van der Waals surface area contributed by atoms with Crippen molar-refractivity contribution in [3.63, 3.8) is 0 Å². The summed E-state index contributed by atoms with van der Waals surface area (Å²) in [5.41, 5.74) is 0.625. The van der Waals surface area contributed by atoms with Crippen LogP contribution in [0.15, 0.2) is 11.0 Å². The Labute approximate surface area is 156 Å². The minimum absolute atomic E-state index is 0.00988. The van der Waals surface area contributed by atoms with E-state index >= 15 is 0 Å². The zero-order chi connectivity index (χ0) is 19.2. The van der Waals surface area contributed by atoms with Crippen LogP contribution < -0.4 is 0 Å². The van der Waals surface area contributed by atoms with Crippen LogP contribution in [0.1, 0.15) is 53.3 Å². The summed E-state index contributed by atoms with van der Waals surface area (Å²) in [6, 6.07) is 1.37. The van der Waals surface area contributed by atoms with Crippen molar-refractivity contribution in [3.05, 3.63) is 27.8 Å². The fourth-order valence-corrected chi connectivity index (χ4v) is 6.05. The fourth-order valence-electron chi connectivity index (χ4n) is 3.78. The minimum Gasteiger partial charge on any atom is -0.377 e. The zero-order valence-electron chi connectivity index (χ0n) is 14.5. The lowest BCUT2D eigenvalue weighted by Crippen LogP contribution is -2.36. The number of methoxy groups -OCH3 is 1. The highest BCUT2D eigenvalue weighted by atomic mass is 35.5. The van der Waals surface area contributed by atoms with Crippen molar-refractivity contribution in [2.24, 2.45) is 5.92 Å². The number of benzene rings is 1. The van der Waals surface area contributed by atoms with Crippen LogP contribution in [0.4, 0.5) is 0 Å². The van der Waals surface area contributed by atoms with Gasteiger partial charge < -0.3 is 4.74 Å². The van der Waals surface area contributed by atoms with Gasteiger partial charge in [0, 0.05) is 31.1 Å². The van der Waals surface area contributed by atoms with E-state index in [1.54, 1.807) is 6.92 Å². The number of ether oxygens (including phenoxy) is 1. The molecule has 1 aliphatic carbocycles. The summed E-state index contributed by atoms with van der Waals surface area (Å²) in [7, 11) is -2.09. The van der Waals surface area contributed by atoms with Crippen molar-refractivity contribution < 1.29 is 27.5 Å². The Bertz CT molecular complexity index is 902. The standard InChI is InChI=1S/C18H19ClO6S/c1-9-8-10(17(22)14-11(20)4-3-5-12(14)21)16(19)15-13(25-2)6-7-26(23,24)18(9)15/h8,13-14H,3-7H2,1-2H3. The van der Waals surface area contributed by atoms with Crippen LogP contribution in [0.25, 0.3) is 0 Å². The Hall–Kier alpha value is -1.57.